The second-order valence-corrected chi connectivity index (χ2v) is 4.19. The molecule has 2 aliphatic heterocycles. The van der Waals surface area contributed by atoms with Crippen LogP contribution >= 0.6 is 0 Å². The summed E-state index contributed by atoms with van der Waals surface area (Å²) in [6.07, 6.45) is 5.94. The Kier molecular flexibility index (Phi) is 0.890. The lowest BCUT2D eigenvalue weighted by atomic mass is 10.0. The highest BCUT2D eigenvalue weighted by Crippen LogP contribution is 2.59. The third-order valence-electron chi connectivity index (χ3n) is 3.74. The Balaban J connectivity index is 1.96. The Bertz CT molecular complexity index is 226. The molecular formula is C9H13NO. The second kappa shape index (κ2) is 1.62. The average Bonchev–Trinajstić information content (AvgIpc) is 2.66. The van der Waals surface area contributed by atoms with Gasteiger partial charge in [-0.1, -0.05) is 0 Å². The summed E-state index contributed by atoms with van der Waals surface area (Å²) >= 11 is 0. The molecule has 2 unspecified atom stereocenters. The summed E-state index contributed by atoms with van der Waals surface area (Å²) in [4.78, 5) is 13.5. The number of piperidine rings is 1. The lowest BCUT2D eigenvalue weighted by molar-refractivity contribution is -0.130. The molecule has 0 N–H and O–H groups in total. The first-order valence-corrected chi connectivity index (χ1v) is 4.63. The molecule has 3 aliphatic rings. The number of carbonyl (C=O) groups excluding carboxylic acids is 1. The van der Waals surface area contributed by atoms with Gasteiger partial charge in [-0.25, -0.2) is 0 Å². The topological polar surface area (TPSA) is 20.3 Å². The van der Waals surface area contributed by atoms with E-state index in [9.17, 15) is 4.79 Å². The van der Waals surface area contributed by atoms with Crippen LogP contribution in [-0.2, 0) is 4.79 Å². The molecule has 3 fully saturated rings. The first-order valence-electron chi connectivity index (χ1n) is 4.63. The van der Waals surface area contributed by atoms with E-state index in [1.54, 1.807) is 0 Å². The minimum atomic E-state index is 0.412. The standard InChI is InChI=1S/C9H13NO/c11-8-3-4-9-6-7(9)2-1-5-10(8)9/h7H,1-6H2. The van der Waals surface area contributed by atoms with E-state index in [-0.39, 0.29) is 0 Å². The van der Waals surface area contributed by atoms with Crippen molar-refractivity contribution in [1.29, 1.82) is 0 Å². The molecule has 0 aromatic carbocycles. The van der Waals surface area contributed by atoms with Crippen LogP contribution in [0.4, 0.5) is 0 Å². The van der Waals surface area contributed by atoms with E-state index in [1.807, 2.05) is 0 Å². The van der Waals surface area contributed by atoms with Crippen molar-refractivity contribution in [2.45, 2.75) is 37.6 Å². The smallest absolute Gasteiger partial charge is 0.223 e. The van der Waals surface area contributed by atoms with E-state index >= 15 is 0 Å². The third kappa shape index (κ3) is 0.569. The van der Waals surface area contributed by atoms with Crippen LogP contribution < -0.4 is 0 Å². The summed E-state index contributed by atoms with van der Waals surface area (Å²) in [5, 5.41) is 0. The lowest BCUT2D eigenvalue weighted by Crippen LogP contribution is -2.39. The maximum absolute atomic E-state index is 11.4. The normalized spacial score (nSPS) is 47.1. The zero-order valence-corrected chi connectivity index (χ0v) is 6.68. The van der Waals surface area contributed by atoms with Crippen molar-refractivity contribution in [3.05, 3.63) is 0 Å². The van der Waals surface area contributed by atoms with Gasteiger partial charge in [-0.15, -0.1) is 0 Å². The van der Waals surface area contributed by atoms with Crippen molar-refractivity contribution in [2.24, 2.45) is 5.92 Å². The van der Waals surface area contributed by atoms with Gasteiger partial charge in [0.2, 0.25) is 5.91 Å². The molecule has 2 heteroatoms. The molecule has 0 aromatic heterocycles. The maximum Gasteiger partial charge on any atom is 0.223 e. The first-order chi connectivity index (χ1) is 5.33. The van der Waals surface area contributed by atoms with Crippen LogP contribution in [0, 0.1) is 5.92 Å². The largest absolute Gasteiger partial charge is 0.337 e. The van der Waals surface area contributed by atoms with Crippen LogP contribution in [0.25, 0.3) is 0 Å². The zero-order chi connectivity index (χ0) is 7.47. The number of hydrogen-bond donors (Lipinski definition) is 0. The fourth-order valence-corrected chi connectivity index (χ4v) is 3.06. The van der Waals surface area contributed by atoms with Gasteiger partial charge in [-0.3, -0.25) is 4.79 Å². The molecule has 2 nitrogen and oxygen atoms in total. The van der Waals surface area contributed by atoms with Crippen LogP contribution in [0.3, 0.4) is 0 Å². The molecule has 1 saturated carbocycles. The maximum atomic E-state index is 11.4. The molecule has 1 aliphatic carbocycles. The number of amides is 1. The molecule has 0 bridgehead atoms. The summed E-state index contributed by atoms with van der Waals surface area (Å²) in [6, 6.07) is 0. The van der Waals surface area contributed by atoms with Crippen LogP contribution in [0.5, 0.6) is 0 Å². The van der Waals surface area contributed by atoms with Crippen molar-refractivity contribution in [3.8, 4) is 0 Å². The quantitative estimate of drug-likeness (QED) is 0.508. The minimum Gasteiger partial charge on any atom is -0.337 e. The predicted octanol–water partition coefficient (Wildman–Crippen LogP) is 1.16. The molecule has 0 radical (unpaired) electrons. The first kappa shape index (κ1) is 6.04. The monoisotopic (exact) mass is 151 g/mol. The summed E-state index contributed by atoms with van der Waals surface area (Å²) in [5.74, 6) is 1.31. The SMILES string of the molecule is O=C1CCC23CC2CCCN13. The van der Waals surface area contributed by atoms with Gasteiger partial charge in [-0.05, 0) is 31.6 Å². The molecule has 2 atom stereocenters. The van der Waals surface area contributed by atoms with Crippen LogP contribution in [-0.4, -0.2) is 22.9 Å². The van der Waals surface area contributed by atoms with E-state index in [0.29, 0.717) is 11.4 Å². The van der Waals surface area contributed by atoms with Gasteiger partial charge in [0.15, 0.2) is 0 Å². The lowest BCUT2D eigenvalue weighted by Gasteiger charge is -2.29. The fourth-order valence-electron chi connectivity index (χ4n) is 3.06. The van der Waals surface area contributed by atoms with E-state index in [1.165, 1.54) is 19.3 Å². The highest BCUT2D eigenvalue weighted by Gasteiger charge is 2.63. The number of hydrogen-bond acceptors (Lipinski definition) is 1. The number of nitrogens with zero attached hydrogens (tertiary/aromatic N) is 1. The molecular weight excluding hydrogens is 138 g/mol. The van der Waals surface area contributed by atoms with E-state index in [0.717, 1.165) is 25.3 Å². The van der Waals surface area contributed by atoms with Gasteiger partial charge >= 0.3 is 0 Å². The summed E-state index contributed by atoms with van der Waals surface area (Å²) in [6.45, 7) is 1.05. The van der Waals surface area contributed by atoms with Gasteiger partial charge in [0.1, 0.15) is 0 Å². The van der Waals surface area contributed by atoms with Gasteiger partial charge in [0, 0.05) is 18.5 Å². The third-order valence-corrected chi connectivity index (χ3v) is 3.74. The molecule has 60 valence electrons. The van der Waals surface area contributed by atoms with E-state index < -0.39 is 0 Å². The number of rotatable bonds is 0. The summed E-state index contributed by atoms with van der Waals surface area (Å²) in [7, 11) is 0. The number of carbonyl (C=O) groups is 1. The Morgan fingerprint density at radius 1 is 1.55 bits per heavy atom. The van der Waals surface area contributed by atoms with Gasteiger partial charge < -0.3 is 4.90 Å². The highest BCUT2D eigenvalue weighted by molar-refractivity contribution is 5.80. The van der Waals surface area contributed by atoms with Crippen LogP contribution in [0.2, 0.25) is 0 Å². The molecule has 1 amide bonds. The molecule has 0 aromatic rings. The highest BCUT2D eigenvalue weighted by atomic mass is 16.2. The van der Waals surface area contributed by atoms with Crippen LogP contribution in [0.15, 0.2) is 0 Å². The summed E-state index contributed by atoms with van der Waals surface area (Å²) in [5.41, 5.74) is 0.412. The van der Waals surface area contributed by atoms with Crippen LogP contribution in [0.1, 0.15) is 32.1 Å². The van der Waals surface area contributed by atoms with E-state index in [2.05, 4.69) is 4.90 Å². The minimum absolute atomic E-state index is 0.412. The zero-order valence-electron chi connectivity index (χ0n) is 6.68. The van der Waals surface area contributed by atoms with Crippen molar-refractivity contribution >= 4 is 5.91 Å². The summed E-state index contributed by atoms with van der Waals surface area (Å²) < 4.78 is 0. The molecule has 11 heavy (non-hydrogen) atoms. The Morgan fingerprint density at radius 2 is 2.45 bits per heavy atom. The molecule has 2 heterocycles. The van der Waals surface area contributed by atoms with Crippen molar-refractivity contribution < 1.29 is 4.79 Å². The molecule has 2 saturated heterocycles. The van der Waals surface area contributed by atoms with Crippen molar-refractivity contribution in [1.82, 2.24) is 4.90 Å². The second-order valence-electron chi connectivity index (χ2n) is 4.19. The van der Waals surface area contributed by atoms with Gasteiger partial charge in [0.05, 0.1) is 0 Å². The predicted molar refractivity (Wildman–Crippen MR) is 41.0 cm³/mol. The van der Waals surface area contributed by atoms with Gasteiger partial charge in [-0.2, -0.15) is 0 Å². The van der Waals surface area contributed by atoms with E-state index in [4.69, 9.17) is 0 Å². The Hall–Kier alpha value is -0.530. The molecule has 1 spiro atoms. The van der Waals surface area contributed by atoms with Crippen molar-refractivity contribution in [3.63, 3.8) is 0 Å². The van der Waals surface area contributed by atoms with Crippen molar-refractivity contribution in [2.75, 3.05) is 6.54 Å². The Morgan fingerprint density at radius 3 is 3.27 bits per heavy atom. The Labute approximate surface area is 66.6 Å². The fraction of sp³-hybridized carbons (Fsp3) is 0.889. The average molecular weight is 151 g/mol. The molecule has 3 rings (SSSR count). The van der Waals surface area contributed by atoms with Gasteiger partial charge in [0.25, 0.3) is 0 Å².